The average molecular weight is 213 g/mol. The van der Waals surface area contributed by atoms with Gasteiger partial charge in [-0.05, 0) is 30.0 Å². The largest absolute Gasteiger partial charge is 0.324 e. The number of rotatable bonds is 5. The number of hydrogen-bond acceptors (Lipinski definition) is 1. The quantitative estimate of drug-likeness (QED) is 0.745. The third-order valence-corrected chi connectivity index (χ3v) is 2.49. The highest BCUT2D eigenvalue weighted by molar-refractivity contribution is 5.65. The molecule has 0 radical (unpaired) electrons. The summed E-state index contributed by atoms with van der Waals surface area (Å²) in [5.74, 6) is 0. The Balaban J connectivity index is 2.99. The molecule has 0 fully saturated rings. The molecule has 1 atom stereocenters. The maximum Gasteiger partial charge on any atom is 0.0262 e. The van der Waals surface area contributed by atoms with Gasteiger partial charge in [0.2, 0.25) is 0 Å². The molecule has 0 saturated heterocycles. The number of nitrogens with two attached hydrogens (primary N) is 1. The van der Waals surface area contributed by atoms with Crippen molar-refractivity contribution in [1.29, 1.82) is 0 Å². The van der Waals surface area contributed by atoms with Crippen LogP contribution in [0, 0.1) is 0 Å². The van der Waals surface area contributed by atoms with Crippen molar-refractivity contribution >= 4 is 12.2 Å². The molecule has 1 aromatic carbocycles. The fraction of sp³-hybridized carbons (Fsp3) is 0.200. The molecule has 1 nitrogen and oxygen atoms in total. The zero-order valence-electron chi connectivity index (χ0n) is 9.82. The van der Waals surface area contributed by atoms with E-state index in [-0.39, 0.29) is 6.04 Å². The highest BCUT2D eigenvalue weighted by Crippen LogP contribution is 2.16. The first-order valence-corrected chi connectivity index (χ1v) is 5.47. The van der Waals surface area contributed by atoms with Crippen molar-refractivity contribution in [2.75, 3.05) is 0 Å². The predicted molar refractivity (Wildman–Crippen MR) is 73.1 cm³/mol. The van der Waals surface area contributed by atoms with E-state index in [1.54, 1.807) is 6.08 Å². The van der Waals surface area contributed by atoms with Gasteiger partial charge in [0.1, 0.15) is 0 Å². The van der Waals surface area contributed by atoms with Gasteiger partial charge in [-0.15, -0.1) is 6.58 Å². The topological polar surface area (TPSA) is 26.0 Å². The third-order valence-electron chi connectivity index (χ3n) is 2.49. The van der Waals surface area contributed by atoms with Crippen LogP contribution >= 0.6 is 0 Å². The monoisotopic (exact) mass is 213 g/mol. The normalized spacial score (nSPS) is 12.6. The Kier molecular flexibility index (Phi) is 4.74. The van der Waals surface area contributed by atoms with Crippen molar-refractivity contribution < 1.29 is 0 Å². The molecule has 2 N–H and O–H groups in total. The van der Waals surface area contributed by atoms with Crippen molar-refractivity contribution in [3.63, 3.8) is 0 Å². The van der Waals surface area contributed by atoms with Gasteiger partial charge in [-0.2, -0.15) is 0 Å². The Hall–Kier alpha value is -1.60. The zero-order chi connectivity index (χ0) is 12.0. The fourth-order valence-corrected chi connectivity index (χ4v) is 1.61. The maximum atomic E-state index is 5.84. The summed E-state index contributed by atoms with van der Waals surface area (Å²) in [6.07, 6.45) is 8.57. The van der Waals surface area contributed by atoms with E-state index >= 15 is 0 Å². The second-order valence-corrected chi connectivity index (χ2v) is 3.77. The SMILES string of the molecule is C=Cc1cc(CC(N)C=C)ccc1/C=C\C. The molecule has 0 heterocycles. The Morgan fingerprint density at radius 2 is 2.06 bits per heavy atom. The molecule has 16 heavy (non-hydrogen) atoms. The van der Waals surface area contributed by atoms with E-state index in [1.165, 1.54) is 11.1 Å². The average Bonchev–Trinajstić information content (AvgIpc) is 2.31. The summed E-state index contributed by atoms with van der Waals surface area (Å²) in [6.45, 7) is 9.53. The molecular weight excluding hydrogens is 194 g/mol. The Morgan fingerprint density at radius 1 is 1.31 bits per heavy atom. The summed E-state index contributed by atoms with van der Waals surface area (Å²) < 4.78 is 0. The molecule has 0 aliphatic heterocycles. The van der Waals surface area contributed by atoms with Crippen LogP contribution in [0.25, 0.3) is 12.2 Å². The van der Waals surface area contributed by atoms with Gasteiger partial charge in [-0.3, -0.25) is 0 Å². The van der Waals surface area contributed by atoms with E-state index in [2.05, 4.69) is 37.4 Å². The summed E-state index contributed by atoms with van der Waals surface area (Å²) in [5, 5.41) is 0. The molecule has 1 aromatic rings. The lowest BCUT2D eigenvalue weighted by Gasteiger charge is -2.09. The van der Waals surface area contributed by atoms with Gasteiger partial charge in [0.05, 0.1) is 0 Å². The van der Waals surface area contributed by atoms with Crippen molar-refractivity contribution in [2.24, 2.45) is 5.73 Å². The molecule has 1 rings (SSSR count). The van der Waals surface area contributed by atoms with E-state index < -0.39 is 0 Å². The van der Waals surface area contributed by atoms with Crippen LogP contribution in [-0.4, -0.2) is 6.04 Å². The van der Waals surface area contributed by atoms with Gasteiger partial charge in [0.15, 0.2) is 0 Å². The summed E-state index contributed by atoms with van der Waals surface area (Å²) in [4.78, 5) is 0. The number of hydrogen-bond donors (Lipinski definition) is 1. The second-order valence-electron chi connectivity index (χ2n) is 3.77. The zero-order valence-corrected chi connectivity index (χ0v) is 9.82. The highest BCUT2D eigenvalue weighted by atomic mass is 14.6. The van der Waals surface area contributed by atoms with E-state index in [0.717, 1.165) is 12.0 Å². The van der Waals surface area contributed by atoms with Gasteiger partial charge in [0.25, 0.3) is 0 Å². The van der Waals surface area contributed by atoms with Gasteiger partial charge in [-0.25, -0.2) is 0 Å². The maximum absolute atomic E-state index is 5.84. The lowest BCUT2D eigenvalue weighted by Crippen LogP contribution is -2.19. The molecule has 0 amide bonds. The van der Waals surface area contributed by atoms with Crippen LogP contribution in [0.4, 0.5) is 0 Å². The van der Waals surface area contributed by atoms with E-state index in [4.69, 9.17) is 5.73 Å². The van der Waals surface area contributed by atoms with Crippen molar-refractivity contribution in [1.82, 2.24) is 0 Å². The Morgan fingerprint density at radius 3 is 2.62 bits per heavy atom. The summed E-state index contributed by atoms with van der Waals surface area (Å²) in [5.41, 5.74) is 9.39. The van der Waals surface area contributed by atoms with Crippen molar-refractivity contribution in [3.05, 3.63) is 60.2 Å². The summed E-state index contributed by atoms with van der Waals surface area (Å²) >= 11 is 0. The van der Waals surface area contributed by atoms with Crippen LogP contribution < -0.4 is 5.73 Å². The first kappa shape index (κ1) is 12.5. The summed E-state index contributed by atoms with van der Waals surface area (Å²) in [6, 6.07) is 6.35. The van der Waals surface area contributed by atoms with Gasteiger partial charge >= 0.3 is 0 Å². The molecule has 84 valence electrons. The minimum absolute atomic E-state index is 0.0187. The standard InChI is InChI=1S/C15H19N/c1-4-7-14-9-8-12(10-13(14)5-2)11-15(16)6-3/h4-10,15H,2-3,11,16H2,1H3/b7-4-. The minimum Gasteiger partial charge on any atom is -0.324 e. The Bertz CT molecular complexity index is 402. The van der Waals surface area contributed by atoms with Crippen molar-refractivity contribution in [2.45, 2.75) is 19.4 Å². The second kappa shape index (κ2) is 6.09. The van der Waals surface area contributed by atoms with Gasteiger partial charge in [0, 0.05) is 6.04 Å². The highest BCUT2D eigenvalue weighted by Gasteiger charge is 2.02. The van der Waals surface area contributed by atoms with E-state index in [0.29, 0.717) is 0 Å². The molecule has 0 aliphatic rings. The van der Waals surface area contributed by atoms with E-state index in [9.17, 15) is 0 Å². The third kappa shape index (κ3) is 3.21. The first-order chi connectivity index (χ1) is 7.71. The number of benzene rings is 1. The molecule has 0 spiro atoms. The van der Waals surface area contributed by atoms with Gasteiger partial charge < -0.3 is 5.73 Å². The Labute approximate surface area is 98.0 Å². The first-order valence-electron chi connectivity index (χ1n) is 5.47. The molecule has 0 saturated carbocycles. The van der Waals surface area contributed by atoms with E-state index in [1.807, 2.05) is 19.1 Å². The van der Waals surface area contributed by atoms with Crippen LogP contribution in [-0.2, 0) is 6.42 Å². The molecule has 0 aromatic heterocycles. The molecule has 1 unspecified atom stereocenters. The van der Waals surface area contributed by atoms with Gasteiger partial charge in [-0.1, -0.05) is 49.1 Å². The summed E-state index contributed by atoms with van der Waals surface area (Å²) in [7, 11) is 0. The lowest BCUT2D eigenvalue weighted by molar-refractivity contribution is 0.812. The molecule has 0 bridgehead atoms. The van der Waals surface area contributed by atoms with Crippen LogP contribution in [0.15, 0.2) is 43.5 Å². The van der Waals surface area contributed by atoms with Crippen molar-refractivity contribution in [3.8, 4) is 0 Å². The molecule has 1 heteroatoms. The predicted octanol–water partition coefficient (Wildman–Crippen LogP) is 3.42. The lowest BCUT2D eigenvalue weighted by atomic mass is 9.99. The smallest absolute Gasteiger partial charge is 0.0262 e. The fourth-order valence-electron chi connectivity index (χ4n) is 1.61. The van der Waals surface area contributed by atoms with Crippen LogP contribution in [0.2, 0.25) is 0 Å². The van der Waals surface area contributed by atoms with Crippen LogP contribution in [0.1, 0.15) is 23.6 Å². The van der Waals surface area contributed by atoms with Crippen LogP contribution in [0.3, 0.4) is 0 Å². The molecular formula is C15H19N. The molecule has 0 aliphatic carbocycles. The number of allylic oxidation sites excluding steroid dienone is 1. The van der Waals surface area contributed by atoms with Crippen LogP contribution in [0.5, 0.6) is 0 Å². The minimum atomic E-state index is 0.0187.